The first-order valence-electron chi connectivity index (χ1n) is 10.9. The summed E-state index contributed by atoms with van der Waals surface area (Å²) in [6.45, 7) is 1.75. The zero-order valence-corrected chi connectivity index (χ0v) is 20.8. The van der Waals surface area contributed by atoms with E-state index < -0.39 is 29.2 Å². The third kappa shape index (κ3) is 3.99. The Balaban J connectivity index is 1.54. The number of carboxylic acid groups (broad SMARTS) is 1. The maximum Gasteiger partial charge on any atom is 0.329 e. The van der Waals surface area contributed by atoms with E-state index in [1.165, 1.54) is 11.1 Å². The first-order chi connectivity index (χ1) is 16.5. The Labute approximate surface area is 216 Å². The van der Waals surface area contributed by atoms with Crippen molar-refractivity contribution in [1.29, 1.82) is 0 Å². The number of aliphatic carboxylic acids is 1. The molecule has 2 amide bonds. The molecule has 1 saturated heterocycles. The molecule has 1 unspecified atom stereocenters. The van der Waals surface area contributed by atoms with E-state index in [9.17, 15) is 19.5 Å². The average Bonchev–Trinajstić information content (AvgIpc) is 3.38. The standard InChI is InChI=1S/C24H21Cl3N4O4/c1-23(11-13-2-4-14(25)5-3-13)20(33)30(17-9-15(26)8-16(27)10-17)22-28-12-18(31(22)23)19(32)29-24(6-7-24)21(34)35/h2-5,8-10,12,22,28H,6-7,11H2,1H3,(H,29,32)(H,34,35)/t22?,23-/m1/s1. The van der Waals surface area contributed by atoms with Crippen molar-refractivity contribution >= 4 is 58.3 Å². The maximum atomic E-state index is 14.0. The van der Waals surface area contributed by atoms with Gasteiger partial charge in [-0.3, -0.25) is 14.5 Å². The van der Waals surface area contributed by atoms with Crippen molar-refractivity contribution < 1.29 is 19.5 Å². The molecule has 11 heteroatoms. The van der Waals surface area contributed by atoms with Gasteiger partial charge in [0.25, 0.3) is 11.8 Å². The largest absolute Gasteiger partial charge is 0.480 e. The van der Waals surface area contributed by atoms with E-state index >= 15 is 0 Å². The van der Waals surface area contributed by atoms with Crippen molar-refractivity contribution in [3.63, 3.8) is 0 Å². The van der Waals surface area contributed by atoms with E-state index in [0.717, 1.165) is 5.56 Å². The number of rotatable bonds is 6. The van der Waals surface area contributed by atoms with Crippen LogP contribution in [0.4, 0.5) is 5.69 Å². The molecule has 8 nitrogen and oxygen atoms in total. The van der Waals surface area contributed by atoms with Gasteiger partial charge in [0, 0.05) is 27.7 Å². The number of anilines is 1. The van der Waals surface area contributed by atoms with Gasteiger partial charge in [0.1, 0.15) is 16.8 Å². The molecule has 2 atom stereocenters. The van der Waals surface area contributed by atoms with Gasteiger partial charge in [0.05, 0.1) is 5.69 Å². The van der Waals surface area contributed by atoms with Gasteiger partial charge in [0.2, 0.25) is 0 Å². The molecule has 1 aliphatic carbocycles. The molecule has 2 heterocycles. The van der Waals surface area contributed by atoms with E-state index in [1.54, 1.807) is 42.2 Å². The van der Waals surface area contributed by atoms with Crippen LogP contribution in [-0.2, 0) is 20.8 Å². The highest BCUT2D eigenvalue weighted by atomic mass is 35.5. The second-order valence-corrected chi connectivity index (χ2v) is 10.5. The van der Waals surface area contributed by atoms with Crippen molar-refractivity contribution in [1.82, 2.24) is 15.5 Å². The van der Waals surface area contributed by atoms with Gasteiger partial charge in [-0.25, -0.2) is 4.79 Å². The summed E-state index contributed by atoms with van der Waals surface area (Å²) in [4.78, 5) is 42.1. The fourth-order valence-corrected chi connectivity index (χ4v) is 5.34. The van der Waals surface area contributed by atoms with Gasteiger partial charge in [-0.2, -0.15) is 0 Å². The van der Waals surface area contributed by atoms with E-state index in [1.807, 2.05) is 12.1 Å². The first-order valence-corrected chi connectivity index (χ1v) is 12.0. The summed E-state index contributed by atoms with van der Waals surface area (Å²) in [5.74, 6) is -1.92. The summed E-state index contributed by atoms with van der Waals surface area (Å²) >= 11 is 18.5. The Kier molecular flexibility index (Phi) is 5.66. The molecule has 2 aromatic carbocycles. The van der Waals surface area contributed by atoms with Crippen LogP contribution in [0.25, 0.3) is 0 Å². The van der Waals surface area contributed by atoms with Crippen LogP contribution >= 0.6 is 34.8 Å². The number of carbonyl (C=O) groups excluding carboxylic acids is 2. The predicted molar refractivity (Wildman–Crippen MR) is 132 cm³/mol. The van der Waals surface area contributed by atoms with Crippen molar-refractivity contribution in [2.24, 2.45) is 0 Å². The van der Waals surface area contributed by atoms with Gasteiger partial charge < -0.3 is 20.6 Å². The second-order valence-electron chi connectivity index (χ2n) is 9.16. The van der Waals surface area contributed by atoms with Crippen LogP contribution in [0.3, 0.4) is 0 Å². The van der Waals surface area contributed by atoms with Crippen LogP contribution in [0, 0.1) is 0 Å². The molecule has 0 bridgehead atoms. The number of benzene rings is 2. The number of carboxylic acids is 1. The summed E-state index contributed by atoms with van der Waals surface area (Å²) in [6.07, 6.45) is 1.73. The smallest absolute Gasteiger partial charge is 0.329 e. The molecule has 2 fully saturated rings. The van der Waals surface area contributed by atoms with E-state index in [-0.39, 0.29) is 18.0 Å². The Morgan fingerprint density at radius 3 is 2.29 bits per heavy atom. The molecule has 5 rings (SSSR count). The lowest BCUT2D eigenvalue weighted by molar-refractivity contribution is -0.143. The lowest BCUT2D eigenvalue weighted by atomic mass is 9.90. The summed E-state index contributed by atoms with van der Waals surface area (Å²) in [6, 6.07) is 11.9. The number of hydrogen-bond acceptors (Lipinski definition) is 5. The SMILES string of the molecule is C[C@@]1(Cc2ccc(Cl)cc2)C(=O)N(c2cc(Cl)cc(Cl)c2)C2NC=C(C(=O)NC3(C(=O)O)CC3)N21. The van der Waals surface area contributed by atoms with Crippen LogP contribution in [0.1, 0.15) is 25.3 Å². The van der Waals surface area contributed by atoms with Crippen LogP contribution in [0.2, 0.25) is 15.1 Å². The molecular formula is C24H21Cl3N4O4. The molecule has 0 radical (unpaired) electrons. The number of nitrogens with zero attached hydrogens (tertiary/aromatic N) is 2. The monoisotopic (exact) mass is 534 g/mol. The normalized spacial score (nSPS) is 24.1. The van der Waals surface area contributed by atoms with Crippen molar-refractivity contribution in [3.8, 4) is 0 Å². The Morgan fingerprint density at radius 1 is 1.09 bits per heavy atom. The van der Waals surface area contributed by atoms with Gasteiger partial charge in [-0.15, -0.1) is 0 Å². The van der Waals surface area contributed by atoms with Gasteiger partial charge in [-0.1, -0.05) is 46.9 Å². The predicted octanol–water partition coefficient (Wildman–Crippen LogP) is 3.76. The third-order valence-electron chi connectivity index (χ3n) is 6.66. The maximum absolute atomic E-state index is 14.0. The van der Waals surface area contributed by atoms with E-state index in [4.69, 9.17) is 34.8 Å². The summed E-state index contributed by atoms with van der Waals surface area (Å²) in [5.41, 5.74) is -0.991. The fourth-order valence-electron chi connectivity index (χ4n) is 4.70. The number of amides is 2. The van der Waals surface area contributed by atoms with E-state index in [0.29, 0.717) is 33.6 Å². The molecule has 182 valence electrons. The zero-order valence-electron chi connectivity index (χ0n) is 18.5. The third-order valence-corrected chi connectivity index (χ3v) is 7.35. The number of halogens is 3. The molecule has 2 aliphatic heterocycles. The highest BCUT2D eigenvalue weighted by Gasteiger charge is 2.60. The van der Waals surface area contributed by atoms with Gasteiger partial charge in [-0.05, 0) is 55.7 Å². The van der Waals surface area contributed by atoms with Gasteiger partial charge in [0.15, 0.2) is 6.29 Å². The Morgan fingerprint density at radius 2 is 1.71 bits per heavy atom. The highest BCUT2D eigenvalue weighted by Crippen LogP contribution is 2.43. The molecule has 1 saturated carbocycles. The molecule has 3 N–H and O–H groups in total. The van der Waals surface area contributed by atoms with Crippen molar-refractivity contribution in [3.05, 3.63) is 75.0 Å². The first kappa shape index (κ1) is 23.8. The molecule has 0 spiro atoms. The number of fused-ring (bicyclic) bond motifs is 1. The summed E-state index contributed by atoms with van der Waals surface area (Å²) in [7, 11) is 0. The lowest BCUT2D eigenvalue weighted by Gasteiger charge is -2.34. The highest BCUT2D eigenvalue weighted by molar-refractivity contribution is 6.35. The van der Waals surface area contributed by atoms with Crippen LogP contribution in [0.5, 0.6) is 0 Å². The summed E-state index contributed by atoms with van der Waals surface area (Å²) in [5, 5.41) is 16.6. The molecule has 35 heavy (non-hydrogen) atoms. The molecule has 2 aromatic rings. The number of nitrogens with one attached hydrogen (secondary N) is 2. The Bertz CT molecular complexity index is 1260. The average molecular weight is 536 g/mol. The zero-order chi connectivity index (χ0) is 25.1. The van der Waals surface area contributed by atoms with Crippen molar-refractivity contribution in [2.45, 2.75) is 43.6 Å². The minimum Gasteiger partial charge on any atom is -0.480 e. The van der Waals surface area contributed by atoms with Crippen molar-refractivity contribution in [2.75, 3.05) is 4.90 Å². The summed E-state index contributed by atoms with van der Waals surface area (Å²) < 4.78 is 0. The fraction of sp³-hybridized carbons (Fsp3) is 0.292. The molecular weight excluding hydrogens is 515 g/mol. The quantitative estimate of drug-likeness (QED) is 0.521. The number of hydrogen-bond donors (Lipinski definition) is 3. The van der Waals surface area contributed by atoms with Crippen LogP contribution in [0.15, 0.2) is 54.4 Å². The van der Waals surface area contributed by atoms with Crippen LogP contribution in [-0.4, -0.2) is 45.2 Å². The minimum absolute atomic E-state index is 0.169. The second kappa shape index (κ2) is 8.33. The van der Waals surface area contributed by atoms with Crippen LogP contribution < -0.4 is 15.5 Å². The lowest BCUT2D eigenvalue weighted by Crippen LogP contribution is -2.53. The van der Waals surface area contributed by atoms with E-state index in [2.05, 4.69) is 10.6 Å². The Hall–Kier alpha value is -2.94. The minimum atomic E-state index is -1.27. The van der Waals surface area contributed by atoms with Gasteiger partial charge >= 0.3 is 5.97 Å². The topological polar surface area (TPSA) is 102 Å². The molecule has 3 aliphatic rings. The number of carbonyl (C=O) groups is 3. The molecule has 0 aromatic heterocycles.